The summed E-state index contributed by atoms with van der Waals surface area (Å²) >= 11 is 0. The van der Waals surface area contributed by atoms with Crippen LogP contribution < -0.4 is 5.56 Å². The highest BCUT2D eigenvalue weighted by molar-refractivity contribution is 5.79. The van der Waals surface area contributed by atoms with Crippen LogP contribution >= 0.6 is 0 Å². The van der Waals surface area contributed by atoms with Crippen molar-refractivity contribution >= 4 is 16.8 Å². The summed E-state index contributed by atoms with van der Waals surface area (Å²) in [6.07, 6.45) is 6.83. The van der Waals surface area contributed by atoms with Gasteiger partial charge in [-0.05, 0) is 12.1 Å². The van der Waals surface area contributed by atoms with Crippen molar-refractivity contribution < 1.29 is 4.79 Å². The molecule has 3 aromatic heterocycles. The van der Waals surface area contributed by atoms with E-state index >= 15 is 0 Å². The fraction of sp³-hybridized carbons (Fsp3) is 0.250. The standard InChI is InChI=1S/C20H19N7O2/c1-25-7-13(6-24-25)15-8-26(9-17-19(15)22-11-21-17)18(28)10-27-12-23-16-5-3-2-4-14(16)20(27)29/h2-7,11-12,15H,8-10H2,1H3,(H,21,22). The molecule has 1 aromatic carbocycles. The molecule has 1 aliphatic rings. The Hall–Kier alpha value is -3.75. The van der Waals surface area contributed by atoms with Crippen molar-refractivity contribution in [2.24, 2.45) is 7.05 Å². The lowest BCUT2D eigenvalue weighted by molar-refractivity contribution is -0.133. The number of carbonyl (C=O) groups is 1. The minimum atomic E-state index is -0.216. The van der Waals surface area contributed by atoms with Crippen LogP contribution in [0, 0.1) is 0 Å². The van der Waals surface area contributed by atoms with Crippen molar-refractivity contribution in [1.82, 2.24) is 34.2 Å². The molecule has 1 atom stereocenters. The first-order valence-corrected chi connectivity index (χ1v) is 9.33. The molecule has 5 rings (SSSR count). The number of rotatable bonds is 3. The molecular weight excluding hydrogens is 370 g/mol. The Bertz CT molecular complexity index is 1270. The van der Waals surface area contributed by atoms with Gasteiger partial charge in [-0.15, -0.1) is 0 Å². The first-order chi connectivity index (χ1) is 14.1. The second-order valence-corrected chi connectivity index (χ2v) is 7.24. The average Bonchev–Trinajstić information content (AvgIpc) is 3.38. The summed E-state index contributed by atoms with van der Waals surface area (Å²) < 4.78 is 3.11. The number of hydrogen-bond acceptors (Lipinski definition) is 5. The van der Waals surface area contributed by atoms with Gasteiger partial charge in [0.2, 0.25) is 5.91 Å². The van der Waals surface area contributed by atoms with Crippen LogP contribution in [0.25, 0.3) is 10.9 Å². The number of nitrogens with zero attached hydrogens (tertiary/aromatic N) is 6. The predicted molar refractivity (Wildman–Crippen MR) is 105 cm³/mol. The number of benzene rings is 1. The largest absolute Gasteiger partial charge is 0.347 e. The molecule has 4 aromatic rings. The van der Waals surface area contributed by atoms with Gasteiger partial charge in [-0.3, -0.25) is 18.8 Å². The molecule has 0 saturated heterocycles. The first-order valence-electron chi connectivity index (χ1n) is 9.33. The number of H-pyrrole nitrogens is 1. The predicted octanol–water partition coefficient (Wildman–Crippen LogP) is 1.03. The number of fused-ring (bicyclic) bond motifs is 2. The summed E-state index contributed by atoms with van der Waals surface area (Å²) in [4.78, 5) is 39.4. The molecular formula is C20H19N7O2. The second kappa shape index (κ2) is 6.69. The van der Waals surface area contributed by atoms with Gasteiger partial charge in [-0.2, -0.15) is 5.10 Å². The maximum absolute atomic E-state index is 13.1. The van der Waals surface area contributed by atoms with Crippen molar-refractivity contribution in [1.29, 1.82) is 0 Å². The summed E-state index contributed by atoms with van der Waals surface area (Å²) in [6.45, 7) is 0.860. The smallest absolute Gasteiger partial charge is 0.261 e. The van der Waals surface area contributed by atoms with Gasteiger partial charge in [-0.25, -0.2) is 9.97 Å². The molecule has 9 nitrogen and oxygen atoms in total. The molecule has 0 spiro atoms. The first kappa shape index (κ1) is 17.4. The van der Waals surface area contributed by atoms with Gasteiger partial charge in [0.1, 0.15) is 6.54 Å². The molecule has 29 heavy (non-hydrogen) atoms. The number of carbonyl (C=O) groups excluding carboxylic acids is 1. The number of hydrogen-bond donors (Lipinski definition) is 1. The van der Waals surface area contributed by atoms with Crippen molar-refractivity contribution in [3.05, 3.63) is 76.6 Å². The van der Waals surface area contributed by atoms with Crippen LogP contribution in [-0.2, 0) is 24.9 Å². The quantitative estimate of drug-likeness (QED) is 0.564. The Morgan fingerprint density at radius 3 is 2.97 bits per heavy atom. The van der Waals surface area contributed by atoms with Gasteiger partial charge in [0.05, 0.1) is 47.7 Å². The van der Waals surface area contributed by atoms with Gasteiger partial charge in [0.25, 0.3) is 5.56 Å². The number of aromatic amines is 1. The number of aromatic nitrogens is 6. The van der Waals surface area contributed by atoms with Gasteiger partial charge < -0.3 is 9.88 Å². The summed E-state index contributed by atoms with van der Waals surface area (Å²) in [6, 6.07) is 7.13. The summed E-state index contributed by atoms with van der Waals surface area (Å²) in [5.41, 5.74) is 3.25. The normalized spacial score (nSPS) is 16.2. The average molecular weight is 389 g/mol. The Morgan fingerprint density at radius 1 is 1.28 bits per heavy atom. The third-order valence-corrected chi connectivity index (χ3v) is 5.35. The van der Waals surface area contributed by atoms with E-state index in [0.717, 1.165) is 17.0 Å². The Morgan fingerprint density at radius 2 is 2.14 bits per heavy atom. The van der Waals surface area contributed by atoms with E-state index in [1.807, 2.05) is 19.3 Å². The highest BCUT2D eigenvalue weighted by atomic mass is 16.2. The summed E-state index contributed by atoms with van der Waals surface area (Å²) in [5.74, 6) is -0.201. The monoisotopic (exact) mass is 389 g/mol. The van der Waals surface area contributed by atoms with Gasteiger partial charge >= 0.3 is 0 Å². The minimum absolute atomic E-state index is 0.0557. The highest BCUT2D eigenvalue weighted by Gasteiger charge is 2.32. The van der Waals surface area contributed by atoms with Crippen LogP contribution in [-0.4, -0.2) is 46.7 Å². The molecule has 1 amide bonds. The van der Waals surface area contributed by atoms with E-state index in [9.17, 15) is 9.59 Å². The summed E-state index contributed by atoms with van der Waals surface area (Å²) in [5, 5.41) is 4.75. The number of amides is 1. The molecule has 4 heterocycles. The zero-order valence-electron chi connectivity index (χ0n) is 15.8. The van der Waals surface area contributed by atoms with E-state index in [-0.39, 0.29) is 23.9 Å². The SMILES string of the molecule is Cn1cc(C2CN(C(=O)Cn3cnc4ccccc4c3=O)Cc3[nH]cnc32)cn1. The van der Waals surface area contributed by atoms with Gasteiger partial charge in [0, 0.05) is 31.3 Å². The van der Waals surface area contributed by atoms with E-state index in [4.69, 9.17) is 0 Å². The molecule has 0 bridgehead atoms. The zero-order chi connectivity index (χ0) is 20.0. The van der Waals surface area contributed by atoms with Crippen molar-refractivity contribution in [2.45, 2.75) is 19.0 Å². The molecule has 0 aliphatic carbocycles. The third-order valence-electron chi connectivity index (χ3n) is 5.35. The molecule has 146 valence electrons. The van der Waals surface area contributed by atoms with Crippen molar-refractivity contribution in [2.75, 3.05) is 6.54 Å². The number of nitrogens with one attached hydrogen (secondary N) is 1. The second-order valence-electron chi connectivity index (χ2n) is 7.24. The van der Waals surface area contributed by atoms with E-state index < -0.39 is 0 Å². The van der Waals surface area contributed by atoms with Crippen LogP contribution in [0.3, 0.4) is 0 Å². The maximum atomic E-state index is 13.1. The van der Waals surface area contributed by atoms with Crippen LogP contribution in [0.2, 0.25) is 0 Å². The lowest BCUT2D eigenvalue weighted by Gasteiger charge is -2.31. The minimum Gasteiger partial charge on any atom is -0.347 e. The van der Waals surface area contributed by atoms with Crippen LogP contribution in [0.4, 0.5) is 0 Å². The number of aryl methyl sites for hydroxylation is 1. The van der Waals surface area contributed by atoms with Crippen LogP contribution in [0.1, 0.15) is 22.9 Å². The Labute approximate surface area is 165 Å². The van der Waals surface area contributed by atoms with Gasteiger partial charge in [0.15, 0.2) is 0 Å². The van der Waals surface area contributed by atoms with Crippen LogP contribution in [0.5, 0.6) is 0 Å². The topological polar surface area (TPSA) is 102 Å². The Balaban J connectivity index is 1.43. The van der Waals surface area contributed by atoms with Crippen molar-refractivity contribution in [3.63, 3.8) is 0 Å². The fourth-order valence-electron chi connectivity index (χ4n) is 3.86. The van der Waals surface area contributed by atoms with E-state index in [0.29, 0.717) is 24.0 Å². The maximum Gasteiger partial charge on any atom is 0.261 e. The third kappa shape index (κ3) is 3.00. The lowest BCUT2D eigenvalue weighted by Crippen LogP contribution is -2.41. The van der Waals surface area contributed by atoms with Gasteiger partial charge in [-0.1, -0.05) is 12.1 Å². The lowest BCUT2D eigenvalue weighted by atomic mass is 9.93. The van der Waals surface area contributed by atoms with E-state index in [2.05, 4.69) is 20.1 Å². The highest BCUT2D eigenvalue weighted by Crippen LogP contribution is 2.31. The van der Waals surface area contributed by atoms with Crippen LogP contribution in [0.15, 0.2) is 54.1 Å². The zero-order valence-corrected chi connectivity index (χ0v) is 15.8. The fourth-order valence-corrected chi connectivity index (χ4v) is 3.86. The number of imidazole rings is 1. The summed E-state index contributed by atoms with van der Waals surface area (Å²) in [7, 11) is 1.86. The number of para-hydroxylation sites is 1. The molecule has 1 aliphatic heterocycles. The van der Waals surface area contributed by atoms with Crippen molar-refractivity contribution in [3.8, 4) is 0 Å². The van der Waals surface area contributed by atoms with E-state index in [1.54, 1.807) is 40.3 Å². The van der Waals surface area contributed by atoms with E-state index in [1.165, 1.54) is 10.9 Å². The molecule has 1 unspecified atom stereocenters. The Kier molecular flexibility index (Phi) is 4.01. The molecule has 0 fully saturated rings. The molecule has 1 N–H and O–H groups in total. The molecule has 0 radical (unpaired) electrons. The molecule has 9 heteroatoms. The molecule has 0 saturated carbocycles.